The van der Waals surface area contributed by atoms with Gasteiger partial charge in [0.2, 0.25) is 0 Å². The molecule has 0 spiro atoms. The molecule has 140 valence electrons. The Morgan fingerprint density at radius 1 is 1.19 bits per heavy atom. The third-order valence-electron chi connectivity index (χ3n) is 4.39. The lowest BCUT2D eigenvalue weighted by molar-refractivity contribution is 0.190. The molecular formula is C20H24N6O. The summed E-state index contributed by atoms with van der Waals surface area (Å²) in [5.74, 6) is 0. The summed E-state index contributed by atoms with van der Waals surface area (Å²) in [4.78, 5) is 23.0. The van der Waals surface area contributed by atoms with Gasteiger partial charge in [-0.1, -0.05) is 13.0 Å². The zero-order valence-electron chi connectivity index (χ0n) is 15.6. The van der Waals surface area contributed by atoms with Crippen LogP contribution in [-0.4, -0.2) is 37.2 Å². The molecule has 1 atom stereocenters. The molecule has 0 aliphatic rings. The van der Waals surface area contributed by atoms with Gasteiger partial charge in [-0.3, -0.25) is 14.6 Å². The molecule has 1 unspecified atom stereocenters. The Hall–Kier alpha value is -3.22. The van der Waals surface area contributed by atoms with Crippen LogP contribution in [0.2, 0.25) is 0 Å². The lowest BCUT2D eigenvalue weighted by Gasteiger charge is -2.30. The number of nitrogens with one attached hydrogen (secondary N) is 1. The Balaban J connectivity index is 1.68. The number of amides is 2. The molecule has 0 aliphatic carbocycles. The van der Waals surface area contributed by atoms with Crippen LogP contribution >= 0.6 is 0 Å². The van der Waals surface area contributed by atoms with Gasteiger partial charge in [0, 0.05) is 31.3 Å². The van der Waals surface area contributed by atoms with Crippen LogP contribution in [0.4, 0.5) is 10.5 Å². The minimum atomic E-state index is -0.140. The summed E-state index contributed by atoms with van der Waals surface area (Å²) < 4.78 is 1.76. The van der Waals surface area contributed by atoms with Gasteiger partial charge in [0.25, 0.3) is 0 Å². The third kappa shape index (κ3) is 4.69. The van der Waals surface area contributed by atoms with Gasteiger partial charge in [-0.2, -0.15) is 5.10 Å². The number of pyridine rings is 2. The summed E-state index contributed by atoms with van der Waals surface area (Å²) in [5, 5.41) is 7.26. The van der Waals surface area contributed by atoms with E-state index in [1.54, 1.807) is 29.5 Å². The Labute approximate surface area is 159 Å². The van der Waals surface area contributed by atoms with E-state index in [1.165, 1.54) is 0 Å². The molecule has 1 N–H and O–H groups in total. The topological polar surface area (TPSA) is 75.9 Å². The molecule has 7 heteroatoms. The van der Waals surface area contributed by atoms with E-state index < -0.39 is 0 Å². The first-order valence-corrected chi connectivity index (χ1v) is 9.11. The molecule has 27 heavy (non-hydrogen) atoms. The molecular weight excluding hydrogens is 340 g/mol. The average molecular weight is 364 g/mol. The molecule has 0 aromatic carbocycles. The van der Waals surface area contributed by atoms with Crippen LogP contribution in [0.5, 0.6) is 0 Å². The molecule has 0 saturated carbocycles. The Morgan fingerprint density at radius 2 is 2.00 bits per heavy atom. The highest BCUT2D eigenvalue weighted by Gasteiger charge is 2.22. The van der Waals surface area contributed by atoms with E-state index in [4.69, 9.17) is 0 Å². The lowest BCUT2D eigenvalue weighted by Crippen LogP contribution is -2.37. The number of hydrogen-bond acceptors (Lipinski definition) is 4. The second-order valence-corrected chi connectivity index (χ2v) is 6.17. The normalized spacial score (nSPS) is 11.8. The van der Waals surface area contributed by atoms with Crippen molar-refractivity contribution < 1.29 is 4.79 Å². The number of aromatic nitrogens is 4. The van der Waals surface area contributed by atoms with Crippen LogP contribution in [0, 0.1) is 0 Å². The van der Waals surface area contributed by atoms with E-state index in [0.717, 1.165) is 17.7 Å². The van der Waals surface area contributed by atoms with Gasteiger partial charge in [0.05, 0.1) is 30.2 Å². The molecule has 0 bridgehead atoms. The molecule has 0 radical (unpaired) electrons. The fraction of sp³-hybridized carbons (Fsp3) is 0.300. The van der Waals surface area contributed by atoms with Crippen molar-refractivity contribution in [2.24, 2.45) is 0 Å². The molecule has 0 saturated heterocycles. The minimum absolute atomic E-state index is 0.00145. The third-order valence-corrected chi connectivity index (χ3v) is 4.39. The first-order valence-electron chi connectivity index (χ1n) is 9.11. The molecule has 3 aromatic rings. The summed E-state index contributed by atoms with van der Waals surface area (Å²) >= 11 is 0. The van der Waals surface area contributed by atoms with Gasteiger partial charge in [0.15, 0.2) is 0 Å². The maximum atomic E-state index is 12.8. The van der Waals surface area contributed by atoms with Crippen molar-refractivity contribution in [3.8, 4) is 0 Å². The number of nitrogens with zero attached hydrogens (tertiary/aromatic N) is 5. The van der Waals surface area contributed by atoms with E-state index in [-0.39, 0.29) is 12.1 Å². The smallest absolute Gasteiger partial charge is 0.318 e. The van der Waals surface area contributed by atoms with Crippen LogP contribution in [0.25, 0.3) is 0 Å². The largest absolute Gasteiger partial charge is 0.322 e. The Kier molecular flexibility index (Phi) is 6.14. The van der Waals surface area contributed by atoms with Crippen LogP contribution in [0.3, 0.4) is 0 Å². The standard InChI is InChI=1S/C20H24N6O/c1-3-19(16-8-11-21-12-9-16)26(4-2)20(27)24-18-13-23-25(15-18)14-17-7-5-6-10-22-17/h5-13,15,19H,3-4,14H2,1-2H3,(H,24,27). The maximum absolute atomic E-state index is 12.8. The monoisotopic (exact) mass is 364 g/mol. The van der Waals surface area contributed by atoms with Crippen molar-refractivity contribution in [1.82, 2.24) is 24.6 Å². The van der Waals surface area contributed by atoms with Crippen LogP contribution in [0.1, 0.15) is 37.6 Å². The molecule has 3 aromatic heterocycles. The predicted molar refractivity (Wildman–Crippen MR) is 104 cm³/mol. The van der Waals surface area contributed by atoms with Gasteiger partial charge in [-0.15, -0.1) is 0 Å². The first kappa shape index (κ1) is 18.6. The SMILES string of the molecule is CCC(c1ccncc1)N(CC)C(=O)Nc1cnn(Cc2ccccn2)c1. The molecule has 7 nitrogen and oxygen atoms in total. The highest BCUT2D eigenvalue weighted by Crippen LogP contribution is 2.24. The van der Waals surface area contributed by atoms with Gasteiger partial charge in [0.1, 0.15) is 0 Å². The predicted octanol–water partition coefficient (Wildman–Crippen LogP) is 3.73. The molecule has 0 aliphatic heterocycles. The fourth-order valence-corrected chi connectivity index (χ4v) is 3.09. The van der Waals surface area contributed by atoms with Crippen LogP contribution < -0.4 is 5.32 Å². The van der Waals surface area contributed by atoms with Crippen molar-refractivity contribution in [1.29, 1.82) is 0 Å². The van der Waals surface area contributed by atoms with Gasteiger partial charge >= 0.3 is 6.03 Å². The van der Waals surface area contributed by atoms with Crippen molar-refractivity contribution in [3.63, 3.8) is 0 Å². The van der Waals surface area contributed by atoms with Crippen molar-refractivity contribution in [3.05, 3.63) is 72.6 Å². The number of hydrogen-bond donors (Lipinski definition) is 1. The lowest BCUT2D eigenvalue weighted by atomic mass is 10.0. The second-order valence-electron chi connectivity index (χ2n) is 6.17. The van der Waals surface area contributed by atoms with Gasteiger partial charge in [-0.25, -0.2) is 4.79 Å². The fourth-order valence-electron chi connectivity index (χ4n) is 3.09. The number of urea groups is 1. The molecule has 3 heterocycles. The van der Waals surface area contributed by atoms with E-state index in [2.05, 4.69) is 27.3 Å². The summed E-state index contributed by atoms with van der Waals surface area (Å²) in [6, 6.07) is 9.53. The summed E-state index contributed by atoms with van der Waals surface area (Å²) in [6.07, 6.45) is 9.56. The minimum Gasteiger partial charge on any atom is -0.318 e. The van der Waals surface area contributed by atoms with Crippen molar-refractivity contribution in [2.75, 3.05) is 11.9 Å². The van der Waals surface area contributed by atoms with Gasteiger partial charge < -0.3 is 10.2 Å². The molecule has 0 fully saturated rings. The highest BCUT2D eigenvalue weighted by atomic mass is 16.2. The maximum Gasteiger partial charge on any atom is 0.322 e. The summed E-state index contributed by atoms with van der Waals surface area (Å²) in [5.41, 5.74) is 2.66. The highest BCUT2D eigenvalue weighted by molar-refractivity contribution is 5.89. The molecule has 2 amide bonds. The summed E-state index contributed by atoms with van der Waals surface area (Å²) in [6.45, 7) is 5.22. The second kappa shape index (κ2) is 8.93. The van der Waals surface area contributed by atoms with Crippen LogP contribution in [0.15, 0.2) is 61.3 Å². The van der Waals surface area contributed by atoms with E-state index in [0.29, 0.717) is 18.8 Å². The Bertz CT molecular complexity index is 849. The van der Waals surface area contributed by atoms with Crippen LogP contribution in [-0.2, 0) is 6.54 Å². The average Bonchev–Trinajstić information content (AvgIpc) is 3.14. The van der Waals surface area contributed by atoms with Crippen molar-refractivity contribution >= 4 is 11.7 Å². The Morgan fingerprint density at radius 3 is 2.67 bits per heavy atom. The zero-order chi connectivity index (χ0) is 19.1. The number of carbonyl (C=O) groups is 1. The van der Waals surface area contributed by atoms with E-state index in [9.17, 15) is 4.79 Å². The van der Waals surface area contributed by atoms with Gasteiger partial charge in [-0.05, 0) is 43.2 Å². The molecule has 3 rings (SSSR count). The van der Waals surface area contributed by atoms with Crippen molar-refractivity contribution in [2.45, 2.75) is 32.9 Å². The quantitative estimate of drug-likeness (QED) is 0.693. The zero-order valence-corrected chi connectivity index (χ0v) is 15.6. The first-order chi connectivity index (χ1) is 13.2. The number of anilines is 1. The number of carbonyl (C=O) groups excluding carboxylic acids is 1. The van der Waals surface area contributed by atoms with E-state index in [1.807, 2.05) is 48.4 Å². The number of rotatable bonds is 7. The van der Waals surface area contributed by atoms with E-state index >= 15 is 0 Å². The summed E-state index contributed by atoms with van der Waals surface area (Å²) in [7, 11) is 0.